The number of Topliss-reactive ketones (excluding diaryl/α,β-unsaturated/α-hetero) is 2. The van der Waals surface area contributed by atoms with E-state index in [9.17, 15) is 36.3 Å². The second kappa shape index (κ2) is 12.9. The molecule has 2 aromatic carbocycles. The van der Waals surface area contributed by atoms with Crippen LogP contribution in [0.3, 0.4) is 0 Å². The molecule has 0 aliphatic heterocycles. The fourth-order valence-electron chi connectivity index (χ4n) is 5.29. The van der Waals surface area contributed by atoms with E-state index in [-0.39, 0.29) is 27.3 Å². The van der Waals surface area contributed by atoms with Crippen LogP contribution in [0.4, 0.5) is 26.7 Å². The van der Waals surface area contributed by atoms with Gasteiger partial charge >= 0.3 is 12.3 Å². The first-order valence-corrected chi connectivity index (χ1v) is 14.5. The van der Waals surface area contributed by atoms with E-state index < -0.39 is 35.8 Å². The highest BCUT2D eigenvalue weighted by Crippen LogP contribution is 2.38. The molecule has 2 aliphatic carbocycles. The molecule has 45 heavy (non-hydrogen) atoms. The molecule has 14 heteroatoms. The number of alkyl halides is 3. The summed E-state index contributed by atoms with van der Waals surface area (Å²) < 4.78 is 65.1. The van der Waals surface area contributed by atoms with Crippen LogP contribution in [0.2, 0.25) is 10.0 Å². The van der Waals surface area contributed by atoms with Crippen LogP contribution in [0.25, 0.3) is 21.8 Å². The molecular weight excluding hydrogens is 646 g/mol. The number of carbonyl (C=O) groups is 4. The van der Waals surface area contributed by atoms with Crippen molar-refractivity contribution in [2.24, 2.45) is 0 Å². The number of hydrogen-bond donors (Lipinski definition) is 1. The van der Waals surface area contributed by atoms with Gasteiger partial charge in [0, 0.05) is 29.1 Å². The zero-order chi connectivity index (χ0) is 33.4. The van der Waals surface area contributed by atoms with Crippen molar-refractivity contribution in [3.8, 4) is 0 Å². The van der Waals surface area contributed by atoms with Gasteiger partial charge in [-0.3, -0.25) is 14.4 Å². The molecule has 0 amide bonds. The summed E-state index contributed by atoms with van der Waals surface area (Å²) in [6.07, 6.45) is -2.61. The predicted molar refractivity (Wildman–Crippen MR) is 158 cm³/mol. The fourth-order valence-corrected chi connectivity index (χ4v) is 5.84. The third kappa shape index (κ3) is 7.22. The van der Waals surface area contributed by atoms with Crippen molar-refractivity contribution in [3.63, 3.8) is 0 Å². The Balaban J connectivity index is 0.000000181. The second-order valence-electron chi connectivity index (χ2n) is 11.4. The van der Waals surface area contributed by atoms with Crippen molar-refractivity contribution in [1.82, 2.24) is 9.55 Å². The van der Waals surface area contributed by atoms with E-state index >= 15 is 0 Å². The number of hydrogen-bond acceptors (Lipinski definition) is 5. The number of aromatic nitrogens is 2. The Kier molecular flexibility index (Phi) is 9.79. The van der Waals surface area contributed by atoms with Crippen molar-refractivity contribution in [3.05, 3.63) is 68.5 Å². The molecule has 0 spiro atoms. The van der Waals surface area contributed by atoms with Gasteiger partial charge in [-0.2, -0.15) is 13.2 Å². The summed E-state index contributed by atoms with van der Waals surface area (Å²) in [5.74, 6) is -1.06. The lowest BCUT2D eigenvalue weighted by molar-refractivity contribution is -0.156. The average Bonchev–Trinajstić information content (AvgIpc) is 3.51. The minimum atomic E-state index is -4.64. The maximum absolute atomic E-state index is 13.9. The zero-order valence-corrected chi connectivity index (χ0v) is 25.8. The van der Waals surface area contributed by atoms with Gasteiger partial charge in [0.05, 0.1) is 26.9 Å². The number of aryl methyl sites for hydroxylation is 2. The molecule has 240 valence electrons. The van der Waals surface area contributed by atoms with Gasteiger partial charge in [0.25, 0.3) is 0 Å². The van der Waals surface area contributed by atoms with E-state index in [4.69, 9.17) is 32.7 Å². The quantitative estimate of drug-likeness (QED) is 0.149. The lowest BCUT2D eigenvalue weighted by Crippen LogP contribution is -2.29. The Labute approximate surface area is 263 Å². The monoisotopic (exact) mass is 672 g/mol. The third-order valence-corrected chi connectivity index (χ3v) is 7.74. The molecule has 0 unspecified atom stereocenters. The highest BCUT2D eigenvalue weighted by molar-refractivity contribution is 6.37. The van der Waals surface area contributed by atoms with Gasteiger partial charge in [-0.05, 0) is 81.8 Å². The van der Waals surface area contributed by atoms with Crippen molar-refractivity contribution < 1.29 is 45.9 Å². The number of rotatable bonds is 0. The van der Waals surface area contributed by atoms with Gasteiger partial charge in [0.15, 0.2) is 11.6 Å². The number of ether oxygens (including phenoxy) is 1. The summed E-state index contributed by atoms with van der Waals surface area (Å²) in [5.41, 5.74) is 2.82. The normalized spacial score (nSPS) is 14.6. The summed E-state index contributed by atoms with van der Waals surface area (Å²) in [6.45, 7) is 5.24. The minimum Gasteiger partial charge on any atom is -0.443 e. The molecule has 6 rings (SSSR count). The highest BCUT2D eigenvalue weighted by atomic mass is 35.5. The Morgan fingerprint density at radius 2 is 1.40 bits per heavy atom. The highest BCUT2D eigenvalue weighted by Gasteiger charge is 2.32. The summed E-state index contributed by atoms with van der Waals surface area (Å²) >= 11 is 12.1. The smallest absolute Gasteiger partial charge is 0.443 e. The zero-order valence-electron chi connectivity index (χ0n) is 24.3. The number of halogens is 7. The topological polar surface area (TPSA) is 98.2 Å². The molecule has 4 aromatic rings. The molecule has 0 bridgehead atoms. The van der Waals surface area contributed by atoms with Gasteiger partial charge in [-0.1, -0.05) is 23.2 Å². The van der Waals surface area contributed by atoms with Crippen LogP contribution in [-0.4, -0.2) is 45.3 Å². The molecule has 0 saturated heterocycles. The molecule has 0 fully saturated rings. The number of nitrogens with zero attached hydrogens (tertiary/aromatic N) is 1. The number of aldehydes is 1. The molecule has 2 aromatic heterocycles. The van der Waals surface area contributed by atoms with Gasteiger partial charge in [0.1, 0.15) is 17.2 Å². The van der Waals surface area contributed by atoms with E-state index in [0.29, 0.717) is 53.2 Å². The van der Waals surface area contributed by atoms with Crippen molar-refractivity contribution in [1.29, 1.82) is 0 Å². The second-order valence-corrected chi connectivity index (χ2v) is 12.1. The summed E-state index contributed by atoms with van der Waals surface area (Å²) in [5, 5.41) is 1.16. The Bertz CT molecular complexity index is 1840. The van der Waals surface area contributed by atoms with Crippen LogP contribution < -0.4 is 0 Å². The van der Waals surface area contributed by atoms with Crippen LogP contribution in [-0.2, 0) is 22.4 Å². The van der Waals surface area contributed by atoms with Crippen molar-refractivity contribution in [2.45, 2.75) is 71.1 Å². The minimum absolute atomic E-state index is 0.0595. The van der Waals surface area contributed by atoms with Gasteiger partial charge in [-0.25, -0.2) is 18.1 Å². The van der Waals surface area contributed by atoms with E-state index in [1.54, 1.807) is 26.8 Å². The van der Waals surface area contributed by atoms with E-state index in [1.807, 2.05) is 0 Å². The lowest BCUT2D eigenvalue weighted by atomic mass is 9.94. The van der Waals surface area contributed by atoms with Gasteiger partial charge in [-0.15, -0.1) is 0 Å². The first kappa shape index (κ1) is 34.1. The molecule has 0 radical (unpaired) electrons. The number of H-pyrrole nitrogens is 1. The SMILES string of the molecule is CC(C)(C)OC(=O)n1c2c(c3c(Cl)c(F)ccc31)CCCC2=O.O=C1CCCc2c1[nH]c1ccc(F)c(Cl)c21.O=CC(F)(F)F. The molecule has 0 atom stereocenters. The van der Waals surface area contributed by atoms with Gasteiger partial charge < -0.3 is 9.72 Å². The van der Waals surface area contributed by atoms with Gasteiger partial charge in [0.2, 0.25) is 6.29 Å². The van der Waals surface area contributed by atoms with Crippen molar-refractivity contribution >= 4 is 69.0 Å². The Morgan fingerprint density at radius 1 is 0.867 bits per heavy atom. The number of aromatic amines is 1. The average molecular weight is 673 g/mol. The molecular formula is C31H27Cl2F5N2O5. The standard InChI is InChI=1S/C17H17ClFNO3.C12H9ClFNO.C2HF3O/c1-17(2,3)23-16(22)20-11-8-7-10(19)14(18)13(11)9-5-4-6-12(21)15(9)20;13-11-7(14)4-5-8-10(11)6-2-1-3-9(16)12(6)15-8;3-2(4,5)1-6/h7-8H,4-6H2,1-3H3;4-5,15H,1-3H2;1H. The Morgan fingerprint density at radius 3 is 1.98 bits per heavy atom. The lowest BCUT2D eigenvalue weighted by Gasteiger charge is -2.21. The molecule has 2 aliphatic rings. The maximum Gasteiger partial charge on any atom is 0.446 e. The van der Waals surface area contributed by atoms with E-state index in [0.717, 1.165) is 23.9 Å². The summed E-state index contributed by atoms with van der Waals surface area (Å²) in [4.78, 5) is 48.4. The molecule has 7 nitrogen and oxygen atoms in total. The van der Waals surface area contributed by atoms with Crippen LogP contribution in [0.15, 0.2) is 24.3 Å². The predicted octanol–water partition coefficient (Wildman–Crippen LogP) is 8.96. The number of carbonyl (C=O) groups excluding carboxylic acids is 4. The number of nitrogens with one attached hydrogen (secondary N) is 1. The molecule has 0 saturated carbocycles. The third-order valence-electron chi connectivity index (χ3n) is 7.00. The van der Waals surface area contributed by atoms with Crippen LogP contribution in [0.5, 0.6) is 0 Å². The maximum atomic E-state index is 13.9. The molecule has 1 N–H and O–H groups in total. The molecule has 2 heterocycles. The Hall–Kier alpha value is -3.77. The van der Waals surface area contributed by atoms with Crippen LogP contribution in [0.1, 0.15) is 78.6 Å². The first-order chi connectivity index (χ1) is 20.9. The first-order valence-electron chi connectivity index (χ1n) is 13.8. The fraction of sp³-hybridized carbons (Fsp3) is 0.355. The number of benzene rings is 2. The number of ketones is 2. The van der Waals surface area contributed by atoms with E-state index in [2.05, 4.69) is 4.98 Å². The summed E-state index contributed by atoms with van der Waals surface area (Å²) in [7, 11) is 0. The largest absolute Gasteiger partial charge is 0.446 e. The van der Waals surface area contributed by atoms with Crippen LogP contribution in [0, 0.1) is 11.6 Å². The summed E-state index contributed by atoms with van der Waals surface area (Å²) in [6, 6.07) is 5.60. The number of fused-ring (bicyclic) bond motifs is 6. The van der Waals surface area contributed by atoms with E-state index in [1.165, 1.54) is 22.8 Å². The van der Waals surface area contributed by atoms with Crippen LogP contribution >= 0.6 is 23.2 Å². The van der Waals surface area contributed by atoms with Crippen molar-refractivity contribution in [2.75, 3.05) is 0 Å².